The minimum Gasteiger partial charge on any atom is -0.379 e. The summed E-state index contributed by atoms with van der Waals surface area (Å²) in [6.07, 6.45) is 1.86. The first-order chi connectivity index (χ1) is 9.70. The molecule has 2 heterocycles. The van der Waals surface area contributed by atoms with Crippen molar-refractivity contribution in [3.05, 3.63) is 52.4 Å². The van der Waals surface area contributed by atoms with E-state index < -0.39 is 0 Å². The van der Waals surface area contributed by atoms with Gasteiger partial charge in [-0.25, -0.2) is 9.97 Å². The monoisotopic (exact) mass is 284 g/mol. The standard InChI is InChI=1S/C15H16N4S/c1-10-16-7-14(18-10)8-17-13-5-3-4-12(6-13)15-9-20-11(2)19-15/h3-7,9,17H,8H2,1-2H3,(H,16,18). The van der Waals surface area contributed by atoms with E-state index in [1.807, 2.05) is 26.1 Å². The van der Waals surface area contributed by atoms with Crippen LogP contribution in [0.4, 0.5) is 5.69 Å². The van der Waals surface area contributed by atoms with Crippen molar-refractivity contribution < 1.29 is 0 Å². The molecule has 0 bridgehead atoms. The average Bonchev–Trinajstić information content (AvgIpc) is 3.06. The first-order valence-corrected chi connectivity index (χ1v) is 7.35. The molecule has 0 radical (unpaired) electrons. The number of thiazole rings is 1. The fourth-order valence-corrected chi connectivity index (χ4v) is 2.67. The molecule has 0 spiro atoms. The quantitative estimate of drug-likeness (QED) is 0.767. The zero-order valence-electron chi connectivity index (χ0n) is 11.5. The molecule has 102 valence electrons. The van der Waals surface area contributed by atoms with Crippen LogP contribution >= 0.6 is 11.3 Å². The topological polar surface area (TPSA) is 53.6 Å². The van der Waals surface area contributed by atoms with Gasteiger partial charge < -0.3 is 10.3 Å². The molecule has 0 fully saturated rings. The van der Waals surface area contributed by atoms with Gasteiger partial charge in [0, 0.05) is 16.6 Å². The van der Waals surface area contributed by atoms with Gasteiger partial charge >= 0.3 is 0 Å². The van der Waals surface area contributed by atoms with Gasteiger partial charge in [0.1, 0.15) is 5.82 Å². The van der Waals surface area contributed by atoms with Gasteiger partial charge in [0.15, 0.2) is 0 Å². The van der Waals surface area contributed by atoms with E-state index >= 15 is 0 Å². The van der Waals surface area contributed by atoms with E-state index in [-0.39, 0.29) is 0 Å². The number of anilines is 1. The molecule has 0 unspecified atom stereocenters. The van der Waals surface area contributed by atoms with Crippen LogP contribution < -0.4 is 5.32 Å². The number of nitrogens with zero attached hydrogens (tertiary/aromatic N) is 2. The third-order valence-electron chi connectivity index (χ3n) is 3.02. The molecule has 0 amide bonds. The van der Waals surface area contributed by atoms with Crippen molar-refractivity contribution in [3.8, 4) is 11.3 Å². The summed E-state index contributed by atoms with van der Waals surface area (Å²) < 4.78 is 0. The summed E-state index contributed by atoms with van der Waals surface area (Å²) >= 11 is 1.67. The fourth-order valence-electron chi connectivity index (χ4n) is 2.04. The van der Waals surface area contributed by atoms with Gasteiger partial charge in [-0.15, -0.1) is 11.3 Å². The largest absolute Gasteiger partial charge is 0.379 e. The zero-order chi connectivity index (χ0) is 13.9. The Hall–Kier alpha value is -2.14. The van der Waals surface area contributed by atoms with Crippen LogP contribution in [0.25, 0.3) is 11.3 Å². The third-order valence-corrected chi connectivity index (χ3v) is 3.79. The van der Waals surface area contributed by atoms with Crippen LogP contribution in [0.3, 0.4) is 0 Å². The highest BCUT2D eigenvalue weighted by Crippen LogP contribution is 2.24. The minimum absolute atomic E-state index is 0.736. The molecule has 0 atom stereocenters. The van der Waals surface area contributed by atoms with Gasteiger partial charge in [-0.2, -0.15) is 0 Å². The summed E-state index contributed by atoms with van der Waals surface area (Å²) in [6.45, 7) is 4.71. The number of rotatable bonds is 4. The van der Waals surface area contributed by atoms with Crippen molar-refractivity contribution in [2.45, 2.75) is 20.4 Å². The van der Waals surface area contributed by atoms with Crippen molar-refractivity contribution in [1.82, 2.24) is 15.0 Å². The minimum atomic E-state index is 0.736. The summed E-state index contributed by atoms with van der Waals surface area (Å²) in [7, 11) is 0. The SMILES string of the molecule is Cc1ncc(CNc2cccc(-c3csc(C)n3)c2)[nH]1. The van der Waals surface area contributed by atoms with E-state index in [9.17, 15) is 0 Å². The van der Waals surface area contributed by atoms with Crippen LogP contribution in [0, 0.1) is 13.8 Å². The molecule has 5 heteroatoms. The van der Waals surface area contributed by atoms with Crippen molar-refractivity contribution >= 4 is 17.0 Å². The predicted molar refractivity (Wildman–Crippen MR) is 82.9 cm³/mol. The van der Waals surface area contributed by atoms with Crippen LogP contribution in [0.5, 0.6) is 0 Å². The average molecular weight is 284 g/mol. The fraction of sp³-hybridized carbons (Fsp3) is 0.200. The molecule has 3 rings (SSSR count). The molecule has 0 saturated carbocycles. The molecular weight excluding hydrogens is 268 g/mol. The zero-order valence-corrected chi connectivity index (χ0v) is 12.3. The molecule has 0 aliphatic heterocycles. The second-order valence-electron chi connectivity index (χ2n) is 4.68. The molecule has 20 heavy (non-hydrogen) atoms. The van der Waals surface area contributed by atoms with Crippen molar-refractivity contribution in [3.63, 3.8) is 0 Å². The number of aromatic nitrogens is 3. The lowest BCUT2D eigenvalue weighted by Crippen LogP contribution is -1.99. The number of H-pyrrole nitrogens is 1. The van der Waals surface area contributed by atoms with E-state index in [0.717, 1.165) is 40.0 Å². The molecule has 2 N–H and O–H groups in total. The van der Waals surface area contributed by atoms with E-state index in [1.54, 1.807) is 11.3 Å². The van der Waals surface area contributed by atoms with Crippen molar-refractivity contribution in [2.75, 3.05) is 5.32 Å². The van der Waals surface area contributed by atoms with Gasteiger partial charge in [-0.1, -0.05) is 12.1 Å². The summed E-state index contributed by atoms with van der Waals surface area (Å²) in [5.74, 6) is 0.938. The smallest absolute Gasteiger partial charge is 0.103 e. The first-order valence-electron chi connectivity index (χ1n) is 6.47. The Morgan fingerprint density at radius 1 is 1.30 bits per heavy atom. The van der Waals surface area contributed by atoms with Crippen molar-refractivity contribution in [1.29, 1.82) is 0 Å². The Balaban J connectivity index is 1.74. The number of aromatic amines is 1. The summed E-state index contributed by atoms with van der Waals surface area (Å²) in [4.78, 5) is 11.9. The highest BCUT2D eigenvalue weighted by Gasteiger charge is 2.03. The second-order valence-corrected chi connectivity index (χ2v) is 5.74. The maximum absolute atomic E-state index is 4.52. The number of benzene rings is 1. The Morgan fingerprint density at radius 2 is 2.20 bits per heavy atom. The summed E-state index contributed by atoms with van der Waals surface area (Å²) in [5, 5.41) is 6.57. The van der Waals surface area contributed by atoms with Gasteiger partial charge in [-0.05, 0) is 26.0 Å². The first kappa shape index (κ1) is 12.9. The van der Waals surface area contributed by atoms with Gasteiger partial charge in [-0.3, -0.25) is 0 Å². The molecule has 0 aliphatic carbocycles. The molecular formula is C15H16N4S. The summed E-state index contributed by atoms with van der Waals surface area (Å²) in [6, 6.07) is 8.31. The lowest BCUT2D eigenvalue weighted by atomic mass is 10.1. The normalized spacial score (nSPS) is 10.7. The lowest BCUT2D eigenvalue weighted by Gasteiger charge is -2.06. The van der Waals surface area contributed by atoms with Crippen LogP contribution in [-0.2, 0) is 6.54 Å². The van der Waals surface area contributed by atoms with Crippen LogP contribution in [0.2, 0.25) is 0 Å². The number of aryl methyl sites for hydroxylation is 2. The van der Waals surface area contributed by atoms with Crippen LogP contribution in [0.15, 0.2) is 35.8 Å². The highest BCUT2D eigenvalue weighted by molar-refractivity contribution is 7.09. The van der Waals surface area contributed by atoms with E-state index in [4.69, 9.17) is 0 Å². The third kappa shape index (κ3) is 2.88. The molecule has 3 aromatic rings. The molecule has 0 saturated heterocycles. The maximum Gasteiger partial charge on any atom is 0.103 e. The van der Waals surface area contributed by atoms with Gasteiger partial charge in [0.05, 0.1) is 29.1 Å². The Labute approximate surface area is 121 Å². The maximum atomic E-state index is 4.52. The number of nitrogens with one attached hydrogen (secondary N) is 2. The van der Waals surface area contributed by atoms with Crippen LogP contribution in [0.1, 0.15) is 16.5 Å². The Morgan fingerprint density at radius 3 is 2.90 bits per heavy atom. The molecule has 4 nitrogen and oxygen atoms in total. The van der Waals surface area contributed by atoms with Gasteiger partial charge in [0.2, 0.25) is 0 Å². The van der Waals surface area contributed by atoms with E-state index in [0.29, 0.717) is 0 Å². The number of imidazole rings is 1. The second kappa shape index (κ2) is 5.46. The lowest BCUT2D eigenvalue weighted by molar-refractivity contribution is 1.05. The van der Waals surface area contributed by atoms with E-state index in [2.05, 4.69) is 43.8 Å². The van der Waals surface area contributed by atoms with Crippen LogP contribution in [-0.4, -0.2) is 15.0 Å². The molecule has 0 aliphatic rings. The predicted octanol–water partition coefficient (Wildman–Crippen LogP) is 3.76. The Kier molecular flexibility index (Phi) is 3.52. The van der Waals surface area contributed by atoms with Gasteiger partial charge in [0.25, 0.3) is 0 Å². The molecule has 2 aromatic heterocycles. The highest BCUT2D eigenvalue weighted by atomic mass is 32.1. The number of hydrogen-bond acceptors (Lipinski definition) is 4. The Bertz CT molecular complexity index is 714. The number of hydrogen-bond donors (Lipinski definition) is 2. The van der Waals surface area contributed by atoms with E-state index in [1.165, 1.54) is 0 Å². The van der Waals surface area contributed by atoms with Crippen molar-refractivity contribution in [2.24, 2.45) is 0 Å². The summed E-state index contributed by atoms with van der Waals surface area (Å²) in [5.41, 5.74) is 4.34. The molecule has 1 aromatic carbocycles.